The van der Waals surface area contributed by atoms with Crippen LogP contribution in [0.3, 0.4) is 0 Å². The highest BCUT2D eigenvalue weighted by Gasteiger charge is 1.99. The zero-order valence-electron chi connectivity index (χ0n) is 11.7. The van der Waals surface area contributed by atoms with Crippen molar-refractivity contribution in [1.82, 2.24) is 10.3 Å². The molecule has 2 aromatic rings. The zero-order chi connectivity index (χ0) is 15.1. The Hall–Kier alpha value is -2.67. The number of nitrogens with one attached hydrogen (secondary N) is 1. The van der Waals surface area contributed by atoms with Gasteiger partial charge in [0.05, 0.1) is 0 Å². The summed E-state index contributed by atoms with van der Waals surface area (Å²) in [6, 6.07) is 10.3. The quantitative estimate of drug-likeness (QED) is 0.877. The topological polar surface area (TPSA) is 42.0 Å². The summed E-state index contributed by atoms with van der Waals surface area (Å²) in [6.45, 7) is 2.14. The maximum Gasteiger partial charge on any atom is 0.296 e. The van der Waals surface area contributed by atoms with Crippen molar-refractivity contribution in [2.75, 3.05) is 6.54 Å². The number of hydrogen-bond acceptors (Lipinski definition) is 2. The van der Waals surface area contributed by atoms with Gasteiger partial charge in [-0.1, -0.05) is 18.1 Å². The third kappa shape index (κ3) is 4.73. The minimum absolute atomic E-state index is 0.322. The van der Waals surface area contributed by atoms with Crippen LogP contribution in [0.4, 0.5) is 4.39 Å². The molecule has 0 spiro atoms. The summed E-state index contributed by atoms with van der Waals surface area (Å²) in [6.07, 6.45) is 2.36. The van der Waals surface area contributed by atoms with Crippen molar-refractivity contribution in [3.8, 4) is 11.8 Å². The minimum atomic E-state index is -0.382. The second-order valence-corrected chi connectivity index (χ2v) is 4.54. The van der Waals surface area contributed by atoms with Crippen molar-refractivity contribution in [3.05, 3.63) is 65.2 Å². The van der Waals surface area contributed by atoms with E-state index in [1.807, 2.05) is 18.2 Å². The third-order valence-electron chi connectivity index (χ3n) is 2.89. The molecule has 1 N–H and O–H groups in total. The Morgan fingerprint density at radius 1 is 1.33 bits per heavy atom. The Morgan fingerprint density at radius 2 is 2.19 bits per heavy atom. The van der Waals surface area contributed by atoms with E-state index in [1.54, 1.807) is 25.3 Å². The molecule has 0 unspecified atom stereocenters. The lowest BCUT2D eigenvalue weighted by Gasteiger charge is -2.00. The highest BCUT2D eigenvalue weighted by atomic mass is 19.1. The number of aryl methyl sites for hydroxylation is 1. The molecule has 21 heavy (non-hydrogen) atoms. The lowest BCUT2D eigenvalue weighted by Crippen LogP contribution is -2.24. The van der Waals surface area contributed by atoms with Crippen LogP contribution < -0.4 is 5.32 Å². The molecule has 0 aliphatic rings. The number of pyridine rings is 1. The number of aromatic nitrogens is 1. The SMILES string of the molecule is Cc1ccc(C#CC(=O)NCCc2ccccn2)cc1F. The number of carbonyl (C=O) groups excluding carboxylic acids is 1. The molecule has 106 valence electrons. The second kappa shape index (κ2) is 7.20. The summed E-state index contributed by atoms with van der Waals surface area (Å²) in [4.78, 5) is 15.7. The lowest BCUT2D eigenvalue weighted by atomic mass is 10.1. The van der Waals surface area contributed by atoms with Crippen molar-refractivity contribution < 1.29 is 9.18 Å². The van der Waals surface area contributed by atoms with E-state index in [4.69, 9.17) is 0 Å². The van der Waals surface area contributed by atoms with Crippen LogP contribution in [0.25, 0.3) is 0 Å². The fourth-order valence-electron chi connectivity index (χ4n) is 1.69. The molecule has 0 atom stereocenters. The van der Waals surface area contributed by atoms with Gasteiger partial charge >= 0.3 is 0 Å². The Morgan fingerprint density at radius 3 is 2.90 bits per heavy atom. The smallest absolute Gasteiger partial charge is 0.296 e. The van der Waals surface area contributed by atoms with Crippen LogP contribution in [-0.2, 0) is 11.2 Å². The average Bonchev–Trinajstić information content (AvgIpc) is 2.49. The monoisotopic (exact) mass is 282 g/mol. The molecular weight excluding hydrogens is 267 g/mol. The summed E-state index contributed by atoms with van der Waals surface area (Å²) in [5, 5.41) is 2.68. The van der Waals surface area contributed by atoms with Gasteiger partial charge in [0.25, 0.3) is 5.91 Å². The molecule has 0 bridgehead atoms. The second-order valence-electron chi connectivity index (χ2n) is 4.54. The van der Waals surface area contributed by atoms with Gasteiger partial charge in [-0.05, 0) is 36.8 Å². The van der Waals surface area contributed by atoms with Gasteiger partial charge in [0, 0.05) is 36.3 Å². The van der Waals surface area contributed by atoms with Gasteiger partial charge in [-0.25, -0.2) is 4.39 Å². The van der Waals surface area contributed by atoms with E-state index in [2.05, 4.69) is 22.1 Å². The zero-order valence-corrected chi connectivity index (χ0v) is 11.7. The van der Waals surface area contributed by atoms with Crippen LogP contribution in [0, 0.1) is 24.6 Å². The molecule has 0 radical (unpaired) electrons. The fraction of sp³-hybridized carbons (Fsp3) is 0.176. The first-order valence-electron chi connectivity index (χ1n) is 6.61. The number of halogens is 1. The van der Waals surface area contributed by atoms with Crippen molar-refractivity contribution in [2.24, 2.45) is 0 Å². The van der Waals surface area contributed by atoms with Gasteiger partial charge in [0.2, 0.25) is 0 Å². The fourth-order valence-corrected chi connectivity index (χ4v) is 1.69. The molecule has 0 aliphatic carbocycles. The molecule has 0 saturated heterocycles. The summed E-state index contributed by atoms with van der Waals surface area (Å²) in [7, 11) is 0. The largest absolute Gasteiger partial charge is 0.345 e. The van der Waals surface area contributed by atoms with E-state index in [-0.39, 0.29) is 11.7 Å². The molecule has 1 amide bonds. The summed E-state index contributed by atoms with van der Waals surface area (Å²) in [5.74, 6) is 4.38. The summed E-state index contributed by atoms with van der Waals surface area (Å²) in [5.41, 5.74) is 1.95. The number of carbonyl (C=O) groups is 1. The van der Waals surface area contributed by atoms with Gasteiger partial charge in [-0.2, -0.15) is 0 Å². The molecular formula is C17H15FN2O. The van der Waals surface area contributed by atoms with E-state index in [9.17, 15) is 9.18 Å². The van der Waals surface area contributed by atoms with Crippen molar-refractivity contribution in [3.63, 3.8) is 0 Å². The van der Waals surface area contributed by atoms with Crippen molar-refractivity contribution in [1.29, 1.82) is 0 Å². The van der Waals surface area contributed by atoms with E-state index in [0.29, 0.717) is 24.1 Å². The molecule has 1 aromatic heterocycles. The Labute approximate surface area is 123 Å². The van der Waals surface area contributed by atoms with Crippen LogP contribution in [-0.4, -0.2) is 17.4 Å². The average molecular weight is 282 g/mol. The Bertz CT molecular complexity index is 687. The first kappa shape index (κ1) is 14.7. The van der Waals surface area contributed by atoms with Crippen molar-refractivity contribution in [2.45, 2.75) is 13.3 Å². The van der Waals surface area contributed by atoms with Crippen LogP contribution in [0.15, 0.2) is 42.6 Å². The normalized spacial score (nSPS) is 9.62. The van der Waals surface area contributed by atoms with Gasteiger partial charge in [-0.3, -0.25) is 9.78 Å². The maximum absolute atomic E-state index is 13.3. The first-order chi connectivity index (χ1) is 10.1. The van der Waals surface area contributed by atoms with E-state index in [0.717, 1.165) is 5.69 Å². The number of hydrogen-bond donors (Lipinski definition) is 1. The van der Waals surface area contributed by atoms with E-state index in [1.165, 1.54) is 6.07 Å². The third-order valence-corrected chi connectivity index (χ3v) is 2.89. The number of nitrogens with zero attached hydrogens (tertiary/aromatic N) is 1. The molecule has 2 rings (SSSR count). The Kier molecular flexibility index (Phi) is 5.05. The predicted molar refractivity (Wildman–Crippen MR) is 79.0 cm³/mol. The van der Waals surface area contributed by atoms with Gasteiger partial charge in [-0.15, -0.1) is 0 Å². The highest BCUT2D eigenvalue weighted by molar-refractivity contribution is 5.94. The van der Waals surface area contributed by atoms with Crippen LogP contribution in [0.1, 0.15) is 16.8 Å². The highest BCUT2D eigenvalue weighted by Crippen LogP contribution is 2.07. The summed E-state index contributed by atoms with van der Waals surface area (Å²) < 4.78 is 13.3. The molecule has 0 aliphatic heterocycles. The minimum Gasteiger partial charge on any atom is -0.345 e. The molecule has 3 nitrogen and oxygen atoms in total. The molecule has 1 aromatic carbocycles. The van der Waals surface area contributed by atoms with E-state index >= 15 is 0 Å². The lowest BCUT2D eigenvalue weighted by molar-refractivity contribution is -0.115. The van der Waals surface area contributed by atoms with Crippen LogP contribution in [0.5, 0.6) is 0 Å². The Balaban J connectivity index is 1.85. The molecule has 0 saturated carbocycles. The van der Waals surface area contributed by atoms with Gasteiger partial charge in [0.15, 0.2) is 0 Å². The molecule has 4 heteroatoms. The maximum atomic E-state index is 13.3. The molecule has 0 fully saturated rings. The number of rotatable bonds is 3. The van der Waals surface area contributed by atoms with Gasteiger partial charge in [0.1, 0.15) is 5.82 Å². The van der Waals surface area contributed by atoms with Crippen LogP contribution >= 0.6 is 0 Å². The first-order valence-corrected chi connectivity index (χ1v) is 6.61. The summed E-state index contributed by atoms with van der Waals surface area (Å²) >= 11 is 0. The predicted octanol–water partition coefficient (Wildman–Crippen LogP) is 2.24. The van der Waals surface area contributed by atoms with E-state index < -0.39 is 0 Å². The number of amides is 1. The standard InChI is InChI=1S/C17H15FN2O/c1-13-5-6-14(12-16(13)18)7-8-17(21)20-11-9-15-4-2-3-10-19-15/h2-6,10,12H,9,11H2,1H3,(H,20,21). The van der Waals surface area contributed by atoms with Gasteiger partial charge < -0.3 is 5.32 Å². The van der Waals surface area contributed by atoms with Crippen molar-refractivity contribution >= 4 is 5.91 Å². The van der Waals surface area contributed by atoms with Crippen LogP contribution in [0.2, 0.25) is 0 Å². The molecule has 1 heterocycles. The number of benzene rings is 1.